The van der Waals surface area contributed by atoms with Crippen LogP contribution in [0.3, 0.4) is 0 Å². The van der Waals surface area contributed by atoms with Crippen LogP contribution in [0, 0.1) is 11.8 Å². The largest absolute Gasteiger partial charge is 0.496 e. The zero-order valence-electron chi connectivity index (χ0n) is 19.6. The van der Waals surface area contributed by atoms with Crippen LogP contribution in [0.25, 0.3) is 0 Å². The van der Waals surface area contributed by atoms with Crippen molar-refractivity contribution >= 4 is 29.4 Å². The molecule has 2 fully saturated rings. The molecule has 0 bridgehead atoms. The Kier molecular flexibility index (Phi) is 9.91. The highest BCUT2D eigenvalue weighted by molar-refractivity contribution is 8.00. The molecule has 182 valence electrons. The average molecular weight is 478 g/mol. The standard InChI is InChI=1S/C25H35NO6S/c1-26-24(28)7-5-11-31-20-10-9-17(22(14-20)30-2)15-32-25(29)8-4-3-6-23-21-13-19(27)12-18(21)16-33-23/h9-10,14,18,21,23H,3-8,11-13,15-16H2,1-2H3,(H,26,28)/t18-,21-,23-/m0/s1. The summed E-state index contributed by atoms with van der Waals surface area (Å²) in [7, 11) is 3.18. The zero-order chi connectivity index (χ0) is 23.6. The highest BCUT2D eigenvalue weighted by Crippen LogP contribution is 2.47. The molecule has 1 saturated carbocycles. The molecule has 0 unspecified atom stereocenters. The lowest BCUT2D eigenvalue weighted by Gasteiger charge is -2.16. The number of carbonyl (C=O) groups is 3. The van der Waals surface area contributed by atoms with Gasteiger partial charge in [0.2, 0.25) is 5.91 Å². The van der Waals surface area contributed by atoms with Gasteiger partial charge in [-0.05, 0) is 49.0 Å². The number of unbranched alkanes of at least 4 members (excludes halogenated alkanes) is 1. The van der Waals surface area contributed by atoms with E-state index in [1.807, 2.05) is 23.9 Å². The first-order chi connectivity index (χ1) is 16.0. The van der Waals surface area contributed by atoms with E-state index in [9.17, 15) is 14.4 Å². The Morgan fingerprint density at radius 2 is 2.00 bits per heavy atom. The Morgan fingerprint density at radius 3 is 2.79 bits per heavy atom. The van der Waals surface area contributed by atoms with E-state index in [0.717, 1.165) is 43.4 Å². The van der Waals surface area contributed by atoms with Gasteiger partial charge in [0.15, 0.2) is 0 Å². The summed E-state index contributed by atoms with van der Waals surface area (Å²) in [5, 5.41) is 3.16. The van der Waals surface area contributed by atoms with Crippen molar-refractivity contribution in [1.82, 2.24) is 5.32 Å². The molecule has 3 atom stereocenters. The molecule has 3 rings (SSSR count). The average Bonchev–Trinajstić information content (AvgIpc) is 3.37. The molecule has 33 heavy (non-hydrogen) atoms. The number of amides is 1. The van der Waals surface area contributed by atoms with Gasteiger partial charge in [-0.1, -0.05) is 6.42 Å². The third-order valence-corrected chi connectivity index (χ3v) is 8.06. The fraction of sp³-hybridized carbons (Fsp3) is 0.640. The van der Waals surface area contributed by atoms with Gasteiger partial charge in [0.05, 0.1) is 13.7 Å². The predicted molar refractivity (Wildman–Crippen MR) is 128 cm³/mol. The number of esters is 1. The second-order valence-corrected chi connectivity index (χ2v) is 10.0. The van der Waals surface area contributed by atoms with Crippen molar-refractivity contribution in [1.29, 1.82) is 0 Å². The second-order valence-electron chi connectivity index (χ2n) is 8.75. The van der Waals surface area contributed by atoms with E-state index in [2.05, 4.69) is 5.32 Å². The number of hydrogen-bond donors (Lipinski definition) is 1. The minimum atomic E-state index is -0.209. The Bertz CT molecular complexity index is 829. The summed E-state index contributed by atoms with van der Waals surface area (Å²) in [5.41, 5.74) is 0.780. The third-order valence-electron chi connectivity index (χ3n) is 6.42. The van der Waals surface area contributed by atoms with Crippen molar-refractivity contribution < 1.29 is 28.6 Å². The van der Waals surface area contributed by atoms with Gasteiger partial charge >= 0.3 is 5.97 Å². The van der Waals surface area contributed by atoms with Crippen molar-refractivity contribution in [3.63, 3.8) is 0 Å². The number of Topliss-reactive ketones (excluding diaryl/α,β-unsaturated/α-hetero) is 1. The summed E-state index contributed by atoms with van der Waals surface area (Å²) >= 11 is 2.01. The molecule has 8 heteroatoms. The molecular formula is C25H35NO6S. The lowest BCUT2D eigenvalue weighted by atomic mass is 9.92. The van der Waals surface area contributed by atoms with Gasteiger partial charge in [0, 0.05) is 49.6 Å². The SMILES string of the molecule is CNC(=O)CCCOc1ccc(COC(=O)CCCC[C@@H]2SC[C@@H]3CC(=O)C[C@@H]32)c(OC)c1. The first kappa shape index (κ1) is 25.4. The first-order valence-electron chi connectivity index (χ1n) is 11.8. The van der Waals surface area contributed by atoms with Crippen LogP contribution in [0.4, 0.5) is 0 Å². The fourth-order valence-electron chi connectivity index (χ4n) is 4.57. The van der Waals surface area contributed by atoms with Crippen molar-refractivity contribution in [3.05, 3.63) is 23.8 Å². The van der Waals surface area contributed by atoms with Crippen molar-refractivity contribution in [2.24, 2.45) is 11.8 Å². The van der Waals surface area contributed by atoms with Crippen LogP contribution in [0.5, 0.6) is 11.5 Å². The number of nitrogens with one attached hydrogen (secondary N) is 1. The van der Waals surface area contributed by atoms with E-state index in [1.54, 1.807) is 20.2 Å². The van der Waals surface area contributed by atoms with Crippen LogP contribution in [0.1, 0.15) is 56.9 Å². The number of ether oxygens (including phenoxy) is 3. The smallest absolute Gasteiger partial charge is 0.306 e. The van der Waals surface area contributed by atoms with E-state index in [1.165, 1.54) is 0 Å². The molecule has 0 spiro atoms. The van der Waals surface area contributed by atoms with Gasteiger partial charge in [-0.3, -0.25) is 14.4 Å². The van der Waals surface area contributed by atoms with Gasteiger partial charge < -0.3 is 19.5 Å². The summed E-state index contributed by atoms with van der Waals surface area (Å²) in [6.45, 7) is 0.589. The van der Waals surface area contributed by atoms with E-state index in [4.69, 9.17) is 14.2 Å². The quantitative estimate of drug-likeness (QED) is 0.340. The molecule has 1 aliphatic carbocycles. The van der Waals surface area contributed by atoms with Crippen LogP contribution in [-0.2, 0) is 25.7 Å². The monoisotopic (exact) mass is 477 g/mol. The Morgan fingerprint density at radius 1 is 1.15 bits per heavy atom. The lowest BCUT2D eigenvalue weighted by molar-refractivity contribution is -0.145. The molecule has 1 saturated heterocycles. The van der Waals surface area contributed by atoms with E-state index >= 15 is 0 Å². The topological polar surface area (TPSA) is 90.9 Å². The molecule has 1 aromatic carbocycles. The van der Waals surface area contributed by atoms with Gasteiger partial charge in [0.1, 0.15) is 23.9 Å². The molecule has 1 heterocycles. The first-order valence-corrected chi connectivity index (χ1v) is 12.8. The highest BCUT2D eigenvalue weighted by atomic mass is 32.2. The molecular weight excluding hydrogens is 442 g/mol. The van der Waals surface area contributed by atoms with E-state index < -0.39 is 0 Å². The van der Waals surface area contributed by atoms with Crippen LogP contribution in [0.2, 0.25) is 0 Å². The van der Waals surface area contributed by atoms with Gasteiger partial charge in [0.25, 0.3) is 0 Å². The number of benzene rings is 1. The number of fused-ring (bicyclic) bond motifs is 1. The summed E-state index contributed by atoms with van der Waals surface area (Å²) in [4.78, 5) is 35.1. The van der Waals surface area contributed by atoms with Gasteiger partial charge in [-0.15, -0.1) is 0 Å². The molecule has 2 aliphatic rings. The third kappa shape index (κ3) is 7.66. The zero-order valence-corrected chi connectivity index (χ0v) is 20.4. The molecule has 1 amide bonds. The summed E-state index contributed by atoms with van der Waals surface area (Å²) in [5.74, 6) is 3.72. The Hall–Kier alpha value is -2.22. The van der Waals surface area contributed by atoms with E-state index in [-0.39, 0.29) is 18.5 Å². The number of ketones is 1. The van der Waals surface area contributed by atoms with Crippen molar-refractivity contribution in [3.8, 4) is 11.5 Å². The fourth-order valence-corrected chi connectivity index (χ4v) is 6.33. The lowest BCUT2D eigenvalue weighted by Crippen LogP contribution is -2.18. The Balaban J connectivity index is 1.33. The van der Waals surface area contributed by atoms with Crippen molar-refractivity contribution in [2.45, 2.75) is 63.2 Å². The predicted octanol–water partition coefficient (Wildman–Crippen LogP) is 3.91. The van der Waals surface area contributed by atoms with Gasteiger partial charge in [-0.25, -0.2) is 0 Å². The molecule has 0 aromatic heterocycles. The summed E-state index contributed by atoms with van der Waals surface area (Å²) in [6.07, 6.45) is 5.84. The maximum atomic E-state index is 12.2. The molecule has 7 nitrogen and oxygen atoms in total. The number of thioether (sulfide) groups is 1. The van der Waals surface area contributed by atoms with Crippen LogP contribution in [0.15, 0.2) is 18.2 Å². The van der Waals surface area contributed by atoms with Crippen molar-refractivity contribution in [2.75, 3.05) is 26.5 Å². The van der Waals surface area contributed by atoms with Crippen LogP contribution >= 0.6 is 11.8 Å². The Labute approximate surface area is 200 Å². The number of methoxy groups -OCH3 is 1. The normalized spacial score (nSPS) is 21.5. The maximum absolute atomic E-state index is 12.2. The number of hydrogen-bond acceptors (Lipinski definition) is 7. The minimum absolute atomic E-state index is 0.00953. The molecule has 1 N–H and O–H groups in total. The van der Waals surface area contributed by atoms with E-state index in [0.29, 0.717) is 60.2 Å². The molecule has 1 aliphatic heterocycles. The van der Waals surface area contributed by atoms with Crippen LogP contribution < -0.4 is 14.8 Å². The highest BCUT2D eigenvalue weighted by Gasteiger charge is 2.42. The maximum Gasteiger partial charge on any atom is 0.306 e. The molecule has 0 radical (unpaired) electrons. The summed E-state index contributed by atoms with van der Waals surface area (Å²) < 4.78 is 16.5. The molecule has 1 aromatic rings. The minimum Gasteiger partial charge on any atom is -0.496 e. The second kappa shape index (κ2) is 12.9. The van der Waals surface area contributed by atoms with Crippen LogP contribution in [-0.4, -0.2) is 49.4 Å². The summed E-state index contributed by atoms with van der Waals surface area (Å²) in [6, 6.07) is 5.41. The number of rotatable bonds is 13. The number of carbonyl (C=O) groups excluding carboxylic acids is 3. The van der Waals surface area contributed by atoms with Gasteiger partial charge in [-0.2, -0.15) is 11.8 Å².